The Morgan fingerprint density at radius 2 is 1.96 bits per heavy atom. The van der Waals surface area contributed by atoms with Crippen molar-refractivity contribution in [3.05, 3.63) is 42.2 Å². The van der Waals surface area contributed by atoms with E-state index in [2.05, 4.69) is 24.3 Å². The molecule has 0 spiro atoms. The Balaban J connectivity index is 0.000000595. The van der Waals surface area contributed by atoms with Crippen molar-refractivity contribution in [2.45, 2.75) is 33.7 Å². The molecule has 1 aromatic carbocycles. The average Bonchev–Trinajstić information content (AvgIpc) is 3.03. The molecule has 0 atom stereocenters. The predicted octanol–water partition coefficient (Wildman–Crippen LogP) is 2.92. The lowest BCUT2D eigenvalue weighted by Gasteiger charge is -2.28. The van der Waals surface area contributed by atoms with Gasteiger partial charge in [0.1, 0.15) is 6.54 Å². The summed E-state index contributed by atoms with van der Waals surface area (Å²) >= 11 is 0. The maximum absolute atomic E-state index is 12.5. The lowest BCUT2D eigenvalue weighted by atomic mass is 10.1. The number of fused-ring (bicyclic) bond motifs is 1. The Morgan fingerprint density at radius 3 is 2.61 bits per heavy atom. The largest absolute Gasteiger partial charge is 0.323 e. The van der Waals surface area contributed by atoms with Gasteiger partial charge in [0.15, 0.2) is 0 Å². The third-order valence-electron chi connectivity index (χ3n) is 3.22. The van der Waals surface area contributed by atoms with Crippen molar-refractivity contribution in [2.24, 2.45) is 0 Å². The Bertz CT molecular complexity index is 693. The van der Waals surface area contributed by atoms with Gasteiger partial charge < -0.3 is 5.32 Å². The quantitative estimate of drug-likeness (QED) is 0.926. The summed E-state index contributed by atoms with van der Waals surface area (Å²) in [5, 5.41) is 6.85. The van der Waals surface area contributed by atoms with Gasteiger partial charge in [-0.2, -0.15) is 5.10 Å². The lowest BCUT2D eigenvalue weighted by molar-refractivity contribution is -0.115. The average molecular weight is 314 g/mol. The van der Waals surface area contributed by atoms with Crippen LogP contribution in [0.2, 0.25) is 0 Å². The second kappa shape index (κ2) is 7.58. The summed E-state index contributed by atoms with van der Waals surface area (Å²) in [5.41, 5.74) is 1.85. The molecule has 23 heavy (non-hydrogen) atoms. The number of nitrogens with zero attached hydrogens (tertiary/aromatic N) is 3. The second-order valence-corrected chi connectivity index (χ2v) is 5.25. The monoisotopic (exact) mass is 314 g/mol. The number of benzene rings is 1. The molecule has 1 aliphatic rings. The summed E-state index contributed by atoms with van der Waals surface area (Å²) in [6, 6.07) is 7.26. The van der Waals surface area contributed by atoms with Gasteiger partial charge in [0.2, 0.25) is 5.91 Å². The van der Waals surface area contributed by atoms with Crippen LogP contribution in [0.1, 0.15) is 37.6 Å². The van der Waals surface area contributed by atoms with E-state index in [-0.39, 0.29) is 18.4 Å². The predicted molar refractivity (Wildman–Crippen MR) is 90.6 cm³/mol. The number of carbonyl (C=O) groups excluding carboxylic acids is 2. The molecule has 0 unspecified atom stereocenters. The molecule has 1 aliphatic heterocycles. The van der Waals surface area contributed by atoms with E-state index < -0.39 is 0 Å². The molecule has 0 saturated heterocycles. The number of aromatic nitrogens is 2. The van der Waals surface area contributed by atoms with Crippen LogP contribution in [0.25, 0.3) is 0 Å². The summed E-state index contributed by atoms with van der Waals surface area (Å²) in [5.74, 6) is -0.410. The van der Waals surface area contributed by atoms with Crippen molar-refractivity contribution in [2.75, 3.05) is 16.8 Å². The fraction of sp³-hybridized carbons (Fsp3) is 0.353. The summed E-state index contributed by atoms with van der Waals surface area (Å²) in [4.78, 5) is 25.7. The van der Waals surface area contributed by atoms with Crippen LogP contribution in [-0.2, 0) is 11.3 Å². The van der Waals surface area contributed by atoms with E-state index in [9.17, 15) is 9.59 Å². The summed E-state index contributed by atoms with van der Waals surface area (Å²) in [6.07, 6.45) is 4.47. The number of hydrogen-bond acceptors (Lipinski definition) is 3. The fourth-order valence-corrected chi connectivity index (χ4v) is 2.22. The van der Waals surface area contributed by atoms with Crippen LogP contribution >= 0.6 is 0 Å². The Morgan fingerprint density at radius 1 is 1.26 bits per heavy atom. The molecular formula is C17H22N4O2. The topological polar surface area (TPSA) is 67.2 Å². The van der Waals surface area contributed by atoms with Crippen molar-refractivity contribution < 1.29 is 9.59 Å². The van der Waals surface area contributed by atoms with Gasteiger partial charge >= 0.3 is 0 Å². The molecule has 6 heteroatoms. The Kier molecular flexibility index (Phi) is 5.51. The maximum Gasteiger partial charge on any atom is 0.262 e. The van der Waals surface area contributed by atoms with Crippen LogP contribution in [0.5, 0.6) is 0 Å². The molecule has 0 saturated carbocycles. The van der Waals surface area contributed by atoms with Crippen molar-refractivity contribution in [3.8, 4) is 0 Å². The van der Waals surface area contributed by atoms with Crippen LogP contribution in [0, 0.1) is 0 Å². The molecule has 2 aromatic rings. The van der Waals surface area contributed by atoms with Gasteiger partial charge in [0.05, 0.1) is 23.1 Å². The van der Waals surface area contributed by atoms with E-state index >= 15 is 0 Å². The minimum Gasteiger partial charge on any atom is -0.323 e. The first kappa shape index (κ1) is 16.7. The highest BCUT2D eigenvalue weighted by atomic mass is 16.2. The van der Waals surface area contributed by atoms with Gasteiger partial charge in [-0.05, 0) is 19.1 Å². The first-order chi connectivity index (χ1) is 11.1. The highest BCUT2D eigenvalue weighted by molar-refractivity contribution is 6.14. The van der Waals surface area contributed by atoms with Crippen molar-refractivity contribution >= 4 is 23.2 Å². The van der Waals surface area contributed by atoms with Crippen molar-refractivity contribution in [1.82, 2.24) is 9.78 Å². The molecule has 1 N–H and O–H groups in total. The third-order valence-corrected chi connectivity index (χ3v) is 3.22. The highest BCUT2D eigenvalue weighted by Gasteiger charge is 2.27. The zero-order valence-corrected chi connectivity index (χ0v) is 13.7. The second-order valence-electron chi connectivity index (χ2n) is 5.25. The van der Waals surface area contributed by atoms with Gasteiger partial charge in [-0.25, -0.2) is 0 Å². The Labute approximate surface area is 136 Å². The van der Waals surface area contributed by atoms with Crippen LogP contribution in [0.3, 0.4) is 0 Å². The van der Waals surface area contributed by atoms with Crippen LogP contribution in [0.15, 0.2) is 36.7 Å². The number of nitrogens with one attached hydrogen (secondary N) is 1. The minimum atomic E-state index is -0.216. The number of anilines is 2. The number of carbonyl (C=O) groups is 2. The van der Waals surface area contributed by atoms with Crippen LogP contribution < -0.4 is 10.2 Å². The highest BCUT2D eigenvalue weighted by Crippen LogP contribution is 2.29. The van der Waals surface area contributed by atoms with Gasteiger partial charge in [-0.1, -0.05) is 32.4 Å². The van der Waals surface area contributed by atoms with E-state index in [1.165, 1.54) is 17.5 Å². The number of aryl methyl sites for hydroxylation is 1. The number of para-hydroxylation sites is 2. The molecule has 6 nitrogen and oxygen atoms in total. The zero-order chi connectivity index (χ0) is 16.8. The van der Waals surface area contributed by atoms with E-state index in [0.717, 1.165) is 0 Å². The number of rotatable bonds is 2. The van der Waals surface area contributed by atoms with E-state index in [1.807, 2.05) is 25.1 Å². The first-order valence-electron chi connectivity index (χ1n) is 7.83. The van der Waals surface area contributed by atoms with Gasteiger partial charge in [0, 0.05) is 12.7 Å². The standard InChI is InChI=1S/C14H14N4O2.C3H8/c1-2-17-8-10(7-15-17)14(20)18-9-13(19)16-11-5-3-4-6-12(11)18;1-3-2/h3-8H,2,9H2,1H3,(H,16,19);3H2,1-2H3. The first-order valence-corrected chi connectivity index (χ1v) is 7.83. The molecule has 122 valence electrons. The van der Waals surface area contributed by atoms with Crippen molar-refractivity contribution in [3.63, 3.8) is 0 Å². The van der Waals surface area contributed by atoms with Gasteiger partial charge in [-0.15, -0.1) is 0 Å². The minimum absolute atomic E-state index is 0.0210. The molecular weight excluding hydrogens is 292 g/mol. The molecule has 3 rings (SSSR count). The summed E-state index contributed by atoms with van der Waals surface area (Å²) < 4.78 is 1.68. The van der Waals surface area contributed by atoms with Crippen LogP contribution in [-0.4, -0.2) is 28.1 Å². The smallest absolute Gasteiger partial charge is 0.262 e. The number of amides is 2. The van der Waals surface area contributed by atoms with E-state index in [4.69, 9.17) is 0 Å². The normalized spacial score (nSPS) is 12.8. The van der Waals surface area contributed by atoms with E-state index in [0.29, 0.717) is 23.5 Å². The van der Waals surface area contributed by atoms with Crippen molar-refractivity contribution in [1.29, 1.82) is 0 Å². The van der Waals surface area contributed by atoms with Gasteiger partial charge in [0.25, 0.3) is 5.91 Å². The van der Waals surface area contributed by atoms with Crippen LogP contribution in [0.4, 0.5) is 11.4 Å². The molecule has 1 aromatic heterocycles. The lowest BCUT2D eigenvalue weighted by Crippen LogP contribution is -2.42. The van der Waals surface area contributed by atoms with Gasteiger partial charge in [-0.3, -0.25) is 19.2 Å². The molecule has 2 amide bonds. The zero-order valence-electron chi connectivity index (χ0n) is 13.7. The fourth-order valence-electron chi connectivity index (χ4n) is 2.22. The third kappa shape index (κ3) is 3.77. The molecule has 2 heterocycles. The number of hydrogen-bond donors (Lipinski definition) is 1. The summed E-state index contributed by atoms with van der Waals surface area (Å²) in [6.45, 7) is 6.92. The SMILES string of the molecule is CCC.CCn1cc(C(=O)N2CC(=O)Nc3ccccc32)cn1. The maximum atomic E-state index is 12.5. The Hall–Kier alpha value is -2.63. The molecule has 0 radical (unpaired) electrons. The molecule has 0 aliphatic carbocycles. The molecule has 0 bridgehead atoms. The van der Waals surface area contributed by atoms with E-state index in [1.54, 1.807) is 16.9 Å². The molecule has 0 fully saturated rings. The summed E-state index contributed by atoms with van der Waals surface area (Å²) in [7, 11) is 0.